The molecule has 8 nitrogen and oxygen atoms in total. The van der Waals surface area contributed by atoms with Crippen LogP contribution in [0.5, 0.6) is 11.5 Å². The number of ether oxygens (including phenoxy) is 2. The maximum atomic E-state index is 13.1. The normalized spacial score (nSPS) is 11.1. The predicted molar refractivity (Wildman–Crippen MR) is 121 cm³/mol. The van der Waals surface area contributed by atoms with Gasteiger partial charge in [-0.05, 0) is 48.0 Å². The van der Waals surface area contributed by atoms with Gasteiger partial charge in [0.1, 0.15) is 22.5 Å². The lowest BCUT2D eigenvalue weighted by Gasteiger charge is -2.10. The summed E-state index contributed by atoms with van der Waals surface area (Å²) in [6.45, 7) is 3.92. The lowest BCUT2D eigenvalue weighted by atomic mass is 10.1. The highest BCUT2D eigenvalue weighted by Gasteiger charge is 2.16. The number of carbonyl (C=O) groups is 2. The molecule has 0 unspecified atom stereocenters. The van der Waals surface area contributed by atoms with Gasteiger partial charge in [0, 0.05) is 5.92 Å². The van der Waals surface area contributed by atoms with Gasteiger partial charge in [-0.1, -0.05) is 31.3 Å². The smallest absolute Gasteiger partial charge is 0.343 e. The molecule has 0 aliphatic carbocycles. The van der Waals surface area contributed by atoms with Gasteiger partial charge in [-0.25, -0.2) is 9.18 Å². The summed E-state index contributed by atoms with van der Waals surface area (Å²) in [5.74, 6) is -1.28. The predicted octanol–water partition coefficient (Wildman–Crippen LogP) is 4.57. The Morgan fingerprint density at radius 2 is 1.88 bits per heavy atom. The molecule has 1 N–H and O–H groups in total. The van der Waals surface area contributed by atoms with Crippen molar-refractivity contribution in [2.45, 2.75) is 19.8 Å². The molecule has 0 saturated carbocycles. The molecule has 0 saturated heterocycles. The van der Waals surface area contributed by atoms with Gasteiger partial charge in [-0.3, -0.25) is 10.1 Å². The second-order valence-corrected chi connectivity index (χ2v) is 8.04. The second-order valence-electron chi connectivity index (χ2n) is 7.03. The fraction of sp³-hybridized carbons (Fsp3) is 0.174. The molecule has 3 aromatic rings. The quantitative estimate of drug-likeness (QED) is 0.235. The van der Waals surface area contributed by atoms with Crippen LogP contribution in [0.4, 0.5) is 9.52 Å². The fourth-order valence-electron chi connectivity index (χ4n) is 2.60. The number of nitrogens with one attached hydrogen (secondary N) is 1. The standard InChI is InChI=1S/C23H19FN4O4S/c1-13(2)21-27-28-23(33-21)26-20(29)16(12-25)10-14-4-9-18(19(11-14)31-3)32-22(30)15-5-7-17(24)8-6-15/h4-11,13H,1-3H3,(H,26,28,29)/b16-10-. The van der Waals surface area contributed by atoms with Crippen LogP contribution in [0, 0.1) is 17.1 Å². The van der Waals surface area contributed by atoms with Crippen molar-refractivity contribution < 1.29 is 23.5 Å². The maximum Gasteiger partial charge on any atom is 0.343 e. The van der Waals surface area contributed by atoms with Gasteiger partial charge in [0.05, 0.1) is 12.7 Å². The Bertz CT molecular complexity index is 1250. The van der Waals surface area contributed by atoms with Crippen molar-refractivity contribution in [3.05, 3.63) is 70.0 Å². The molecular weight excluding hydrogens is 447 g/mol. The maximum absolute atomic E-state index is 13.1. The van der Waals surface area contributed by atoms with Crippen molar-refractivity contribution in [2.75, 3.05) is 12.4 Å². The number of methoxy groups -OCH3 is 1. The van der Waals surface area contributed by atoms with Crippen molar-refractivity contribution in [2.24, 2.45) is 0 Å². The molecule has 0 radical (unpaired) electrons. The minimum atomic E-state index is -0.688. The van der Waals surface area contributed by atoms with Crippen molar-refractivity contribution in [3.63, 3.8) is 0 Å². The molecule has 0 aliphatic rings. The van der Waals surface area contributed by atoms with Gasteiger partial charge >= 0.3 is 5.97 Å². The van der Waals surface area contributed by atoms with E-state index in [1.807, 2.05) is 19.9 Å². The molecule has 0 atom stereocenters. The first kappa shape index (κ1) is 23.6. The number of halogens is 1. The average molecular weight is 466 g/mol. The van der Waals surface area contributed by atoms with E-state index in [2.05, 4.69) is 15.5 Å². The van der Waals surface area contributed by atoms with Gasteiger partial charge in [0.2, 0.25) is 5.13 Å². The molecule has 3 rings (SSSR count). The van der Waals surface area contributed by atoms with E-state index in [1.165, 1.54) is 48.8 Å². The molecule has 33 heavy (non-hydrogen) atoms. The van der Waals surface area contributed by atoms with Crippen LogP contribution in [-0.4, -0.2) is 29.2 Å². The second kappa shape index (κ2) is 10.5. The minimum Gasteiger partial charge on any atom is -0.493 e. The minimum absolute atomic E-state index is 0.127. The number of nitrogens with zero attached hydrogens (tertiary/aromatic N) is 3. The summed E-state index contributed by atoms with van der Waals surface area (Å²) >= 11 is 1.24. The van der Waals surface area contributed by atoms with Crippen LogP contribution >= 0.6 is 11.3 Å². The number of hydrogen-bond acceptors (Lipinski definition) is 8. The van der Waals surface area contributed by atoms with Crippen LogP contribution in [0.15, 0.2) is 48.0 Å². The average Bonchev–Trinajstić information content (AvgIpc) is 3.27. The first-order valence-electron chi connectivity index (χ1n) is 9.73. The fourth-order valence-corrected chi connectivity index (χ4v) is 3.34. The SMILES string of the molecule is COc1cc(/C=C(/C#N)C(=O)Nc2nnc(C(C)C)s2)ccc1OC(=O)c1ccc(F)cc1. The summed E-state index contributed by atoms with van der Waals surface area (Å²) in [7, 11) is 1.39. The summed E-state index contributed by atoms with van der Waals surface area (Å²) in [6.07, 6.45) is 1.37. The molecule has 10 heteroatoms. The Morgan fingerprint density at radius 3 is 2.48 bits per heavy atom. The number of amides is 1. The third-order valence-corrected chi connectivity index (χ3v) is 5.44. The highest BCUT2D eigenvalue weighted by atomic mass is 32.1. The van der Waals surface area contributed by atoms with Crippen LogP contribution in [0.25, 0.3) is 6.08 Å². The van der Waals surface area contributed by atoms with Crippen LogP contribution in [0.1, 0.15) is 40.7 Å². The van der Waals surface area contributed by atoms with Gasteiger partial charge in [-0.15, -0.1) is 10.2 Å². The molecule has 168 valence electrons. The van der Waals surface area contributed by atoms with E-state index >= 15 is 0 Å². The molecule has 0 aliphatic heterocycles. The Morgan fingerprint density at radius 1 is 1.15 bits per heavy atom. The lowest BCUT2D eigenvalue weighted by Crippen LogP contribution is -2.13. The monoisotopic (exact) mass is 466 g/mol. The third kappa shape index (κ3) is 5.99. The lowest BCUT2D eigenvalue weighted by molar-refractivity contribution is -0.112. The number of hydrogen-bond donors (Lipinski definition) is 1. The van der Waals surface area contributed by atoms with Crippen LogP contribution < -0.4 is 14.8 Å². The first-order valence-corrected chi connectivity index (χ1v) is 10.5. The largest absolute Gasteiger partial charge is 0.493 e. The van der Waals surface area contributed by atoms with E-state index in [9.17, 15) is 19.2 Å². The van der Waals surface area contributed by atoms with E-state index in [-0.39, 0.29) is 28.6 Å². The zero-order chi connectivity index (χ0) is 24.0. The molecule has 1 heterocycles. The van der Waals surface area contributed by atoms with Crippen LogP contribution in [0.3, 0.4) is 0 Å². The molecule has 1 amide bonds. The highest BCUT2D eigenvalue weighted by molar-refractivity contribution is 7.15. The van der Waals surface area contributed by atoms with Gasteiger partial charge in [0.15, 0.2) is 11.5 Å². The van der Waals surface area contributed by atoms with E-state index in [1.54, 1.807) is 6.07 Å². The van der Waals surface area contributed by atoms with Crippen molar-refractivity contribution >= 4 is 34.4 Å². The number of esters is 1. The summed E-state index contributed by atoms with van der Waals surface area (Å²) < 4.78 is 23.7. The highest BCUT2D eigenvalue weighted by Crippen LogP contribution is 2.30. The Hall–Kier alpha value is -4.10. The number of benzene rings is 2. The van der Waals surface area contributed by atoms with E-state index in [0.29, 0.717) is 10.7 Å². The Kier molecular flexibility index (Phi) is 7.48. The third-order valence-electron chi connectivity index (χ3n) is 4.30. The molecular formula is C23H19FN4O4S. The molecule has 1 aromatic heterocycles. The Balaban J connectivity index is 1.77. The van der Waals surface area contributed by atoms with Crippen molar-refractivity contribution in [1.82, 2.24) is 10.2 Å². The van der Waals surface area contributed by atoms with Crippen molar-refractivity contribution in [1.29, 1.82) is 5.26 Å². The number of rotatable bonds is 7. The van der Waals surface area contributed by atoms with Crippen molar-refractivity contribution in [3.8, 4) is 17.6 Å². The number of nitriles is 1. The number of anilines is 1. The van der Waals surface area contributed by atoms with Gasteiger partial charge in [0.25, 0.3) is 5.91 Å². The topological polar surface area (TPSA) is 114 Å². The number of aromatic nitrogens is 2. The van der Waals surface area contributed by atoms with E-state index in [4.69, 9.17) is 9.47 Å². The molecule has 0 fully saturated rings. The Labute approximate surface area is 193 Å². The van der Waals surface area contributed by atoms with E-state index in [0.717, 1.165) is 17.1 Å². The molecule has 0 bridgehead atoms. The van der Waals surface area contributed by atoms with Gasteiger partial charge < -0.3 is 9.47 Å². The molecule has 2 aromatic carbocycles. The summed E-state index contributed by atoms with van der Waals surface area (Å²) in [6, 6.07) is 11.3. The van der Waals surface area contributed by atoms with Crippen LogP contribution in [-0.2, 0) is 4.79 Å². The zero-order valence-corrected chi connectivity index (χ0v) is 18.8. The number of carbonyl (C=O) groups excluding carboxylic acids is 2. The van der Waals surface area contributed by atoms with E-state index < -0.39 is 17.7 Å². The summed E-state index contributed by atoms with van der Waals surface area (Å²) in [5, 5.41) is 21.0. The first-order chi connectivity index (χ1) is 15.8. The summed E-state index contributed by atoms with van der Waals surface area (Å²) in [4.78, 5) is 24.8. The molecule has 0 spiro atoms. The summed E-state index contributed by atoms with van der Waals surface area (Å²) in [5.41, 5.74) is 0.484. The zero-order valence-electron chi connectivity index (χ0n) is 18.0. The van der Waals surface area contributed by atoms with Gasteiger partial charge in [-0.2, -0.15) is 5.26 Å². The van der Waals surface area contributed by atoms with Crippen LogP contribution in [0.2, 0.25) is 0 Å².